The molecule has 2 aliphatic heterocycles. The van der Waals surface area contributed by atoms with E-state index in [1.165, 1.54) is 42.8 Å². The molecule has 0 radical (unpaired) electrons. The SMILES string of the molecule is Cc1nsc(NC2CC3CCC(C2)N3Cc2ccccc2)n1. The summed E-state index contributed by atoms with van der Waals surface area (Å²) < 4.78 is 4.26. The van der Waals surface area contributed by atoms with Crippen molar-refractivity contribution in [2.45, 2.75) is 57.3 Å². The Morgan fingerprint density at radius 2 is 1.91 bits per heavy atom. The smallest absolute Gasteiger partial charge is 0.202 e. The molecule has 2 bridgehead atoms. The van der Waals surface area contributed by atoms with Crippen LogP contribution in [-0.4, -0.2) is 32.4 Å². The fraction of sp³-hybridized carbons (Fsp3) is 0.529. The number of hydrogen-bond donors (Lipinski definition) is 1. The zero-order valence-electron chi connectivity index (χ0n) is 12.9. The molecule has 0 amide bonds. The van der Waals surface area contributed by atoms with Gasteiger partial charge in [-0.2, -0.15) is 4.37 Å². The Kier molecular flexibility index (Phi) is 3.84. The van der Waals surface area contributed by atoms with Crippen molar-refractivity contribution >= 4 is 16.7 Å². The summed E-state index contributed by atoms with van der Waals surface area (Å²) in [5.74, 6) is 0.872. The summed E-state index contributed by atoms with van der Waals surface area (Å²) in [6.45, 7) is 3.05. The molecule has 116 valence electrons. The van der Waals surface area contributed by atoms with E-state index >= 15 is 0 Å². The molecule has 2 unspecified atom stereocenters. The third kappa shape index (κ3) is 2.88. The number of nitrogens with one attached hydrogen (secondary N) is 1. The van der Waals surface area contributed by atoms with Gasteiger partial charge in [0.1, 0.15) is 5.82 Å². The van der Waals surface area contributed by atoms with E-state index in [0.29, 0.717) is 18.1 Å². The normalized spacial score (nSPS) is 28.0. The lowest BCUT2D eigenvalue weighted by molar-refractivity contribution is 0.124. The molecule has 0 aliphatic carbocycles. The van der Waals surface area contributed by atoms with Crippen LogP contribution < -0.4 is 5.32 Å². The fourth-order valence-corrected chi connectivity index (χ4v) is 4.63. The summed E-state index contributed by atoms with van der Waals surface area (Å²) in [6.07, 6.45) is 5.12. The minimum atomic E-state index is 0.553. The highest BCUT2D eigenvalue weighted by molar-refractivity contribution is 7.09. The van der Waals surface area contributed by atoms with Crippen molar-refractivity contribution in [2.75, 3.05) is 5.32 Å². The van der Waals surface area contributed by atoms with Crippen molar-refractivity contribution < 1.29 is 0 Å². The number of benzene rings is 1. The third-order valence-electron chi connectivity index (χ3n) is 4.95. The molecule has 2 aromatic rings. The van der Waals surface area contributed by atoms with Crippen LogP contribution in [0.2, 0.25) is 0 Å². The van der Waals surface area contributed by atoms with Gasteiger partial charge < -0.3 is 5.32 Å². The highest BCUT2D eigenvalue weighted by Gasteiger charge is 2.40. The maximum atomic E-state index is 4.44. The van der Waals surface area contributed by atoms with Gasteiger partial charge in [0.25, 0.3) is 0 Å². The van der Waals surface area contributed by atoms with Crippen molar-refractivity contribution in [3.63, 3.8) is 0 Å². The Morgan fingerprint density at radius 3 is 2.55 bits per heavy atom. The highest BCUT2D eigenvalue weighted by Crippen LogP contribution is 2.37. The van der Waals surface area contributed by atoms with Crippen molar-refractivity contribution in [1.29, 1.82) is 0 Å². The lowest BCUT2D eigenvalue weighted by Gasteiger charge is -2.39. The second-order valence-electron chi connectivity index (χ2n) is 6.50. The summed E-state index contributed by atoms with van der Waals surface area (Å²) in [7, 11) is 0. The zero-order valence-corrected chi connectivity index (χ0v) is 13.7. The number of fused-ring (bicyclic) bond motifs is 2. The van der Waals surface area contributed by atoms with Gasteiger partial charge in [0.15, 0.2) is 0 Å². The summed E-state index contributed by atoms with van der Waals surface area (Å²) in [5, 5.41) is 4.59. The molecule has 1 N–H and O–H groups in total. The molecule has 0 spiro atoms. The van der Waals surface area contributed by atoms with Gasteiger partial charge in [-0.25, -0.2) is 4.98 Å². The van der Waals surface area contributed by atoms with E-state index in [0.717, 1.165) is 17.5 Å². The molecule has 2 atom stereocenters. The van der Waals surface area contributed by atoms with Crippen molar-refractivity contribution in [2.24, 2.45) is 0 Å². The van der Waals surface area contributed by atoms with Gasteiger partial charge >= 0.3 is 0 Å². The lowest BCUT2D eigenvalue weighted by atomic mass is 9.97. The second-order valence-corrected chi connectivity index (χ2v) is 7.25. The van der Waals surface area contributed by atoms with Crippen LogP contribution in [0, 0.1) is 6.92 Å². The number of anilines is 1. The van der Waals surface area contributed by atoms with Gasteiger partial charge in [-0.3, -0.25) is 4.90 Å². The topological polar surface area (TPSA) is 41.1 Å². The van der Waals surface area contributed by atoms with E-state index in [-0.39, 0.29) is 0 Å². The molecular formula is C17H22N4S. The number of aromatic nitrogens is 2. The number of aryl methyl sites for hydroxylation is 1. The molecule has 2 aliphatic rings. The molecule has 1 aromatic heterocycles. The summed E-state index contributed by atoms with van der Waals surface area (Å²) >= 11 is 1.48. The molecular weight excluding hydrogens is 292 g/mol. The largest absolute Gasteiger partial charge is 0.357 e. The van der Waals surface area contributed by atoms with Crippen LogP contribution in [0.1, 0.15) is 37.1 Å². The van der Waals surface area contributed by atoms with Crippen LogP contribution in [0.5, 0.6) is 0 Å². The average molecular weight is 314 g/mol. The molecule has 4 nitrogen and oxygen atoms in total. The monoisotopic (exact) mass is 314 g/mol. The predicted molar refractivity (Wildman–Crippen MR) is 90.1 cm³/mol. The maximum Gasteiger partial charge on any atom is 0.202 e. The van der Waals surface area contributed by atoms with Crippen LogP contribution in [0.4, 0.5) is 5.13 Å². The van der Waals surface area contributed by atoms with Crippen LogP contribution >= 0.6 is 11.5 Å². The minimum Gasteiger partial charge on any atom is -0.357 e. The highest BCUT2D eigenvalue weighted by atomic mass is 32.1. The first kappa shape index (κ1) is 14.2. The van der Waals surface area contributed by atoms with Crippen molar-refractivity contribution in [3.05, 3.63) is 41.7 Å². The van der Waals surface area contributed by atoms with Crippen LogP contribution in [0.15, 0.2) is 30.3 Å². The first-order valence-corrected chi connectivity index (χ1v) is 8.92. The number of piperidine rings is 1. The second kappa shape index (κ2) is 5.97. The third-order valence-corrected chi connectivity index (χ3v) is 5.69. The average Bonchev–Trinajstić information content (AvgIpc) is 3.01. The van der Waals surface area contributed by atoms with E-state index in [1.54, 1.807) is 0 Å². The molecule has 2 fully saturated rings. The van der Waals surface area contributed by atoms with Crippen molar-refractivity contribution in [1.82, 2.24) is 14.3 Å². The van der Waals surface area contributed by atoms with Gasteiger partial charge in [-0.1, -0.05) is 30.3 Å². The first-order valence-electron chi connectivity index (χ1n) is 8.14. The number of nitrogens with zero attached hydrogens (tertiary/aromatic N) is 3. The zero-order chi connectivity index (χ0) is 14.9. The molecule has 22 heavy (non-hydrogen) atoms. The predicted octanol–water partition coefficient (Wildman–Crippen LogP) is 3.45. The van der Waals surface area contributed by atoms with Gasteiger partial charge in [0.05, 0.1) is 0 Å². The standard InChI is InChI=1S/C17H22N4S/c1-12-18-17(22-20-12)19-14-9-15-7-8-16(10-14)21(15)11-13-5-3-2-4-6-13/h2-6,14-16H,7-11H2,1H3,(H,18,19,20). The van der Waals surface area contributed by atoms with Crippen molar-refractivity contribution in [3.8, 4) is 0 Å². The number of hydrogen-bond acceptors (Lipinski definition) is 5. The Hall–Kier alpha value is -1.46. The molecule has 3 heterocycles. The van der Waals surface area contributed by atoms with E-state index in [1.807, 2.05) is 6.92 Å². The van der Waals surface area contributed by atoms with E-state index in [4.69, 9.17) is 0 Å². The Balaban J connectivity index is 1.41. The van der Waals surface area contributed by atoms with Gasteiger partial charge in [-0.15, -0.1) is 0 Å². The molecule has 2 saturated heterocycles. The Bertz CT molecular complexity index is 613. The Morgan fingerprint density at radius 1 is 1.18 bits per heavy atom. The maximum absolute atomic E-state index is 4.44. The van der Waals surface area contributed by atoms with Crippen LogP contribution in [0.3, 0.4) is 0 Å². The first-order chi connectivity index (χ1) is 10.8. The molecule has 5 heteroatoms. The van der Waals surface area contributed by atoms with Gasteiger partial charge in [-0.05, 0) is 38.2 Å². The van der Waals surface area contributed by atoms with E-state index in [9.17, 15) is 0 Å². The minimum absolute atomic E-state index is 0.553. The number of rotatable bonds is 4. The lowest BCUT2D eigenvalue weighted by Crippen LogP contribution is -2.46. The summed E-state index contributed by atoms with van der Waals surface area (Å²) in [6, 6.07) is 12.8. The molecule has 0 saturated carbocycles. The quantitative estimate of drug-likeness (QED) is 0.938. The molecule has 4 rings (SSSR count). The van der Waals surface area contributed by atoms with E-state index in [2.05, 4.69) is 49.9 Å². The van der Waals surface area contributed by atoms with Gasteiger partial charge in [0, 0.05) is 36.2 Å². The van der Waals surface area contributed by atoms with E-state index < -0.39 is 0 Å². The fourth-order valence-electron chi connectivity index (χ4n) is 3.97. The van der Waals surface area contributed by atoms with Crippen LogP contribution in [0.25, 0.3) is 0 Å². The van der Waals surface area contributed by atoms with Crippen LogP contribution in [-0.2, 0) is 6.54 Å². The van der Waals surface area contributed by atoms with Gasteiger partial charge in [0.2, 0.25) is 5.13 Å². The molecule has 1 aromatic carbocycles. The Labute approximate surface area is 135 Å². The summed E-state index contributed by atoms with van der Waals surface area (Å²) in [4.78, 5) is 7.17. The summed E-state index contributed by atoms with van der Waals surface area (Å²) in [5.41, 5.74) is 1.44.